The van der Waals surface area contributed by atoms with E-state index < -0.39 is 10.8 Å². The van der Waals surface area contributed by atoms with Gasteiger partial charge in [0.15, 0.2) is 0 Å². The van der Waals surface area contributed by atoms with Crippen LogP contribution in [0.3, 0.4) is 0 Å². The lowest BCUT2D eigenvalue weighted by Crippen LogP contribution is -2.00. The molecule has 20 heavy (non-hydrogen) atoms. The molecule has 0 spiro atoms. The average molecular weight is 314 g/mol. The first kappa shape index (κ1) is 15.1. The largest absolute Gasteiger partial charge is 0.495 e. The summed E-state index contributed by atoms with van der Waals surface area (Å²) in [6.07, 6.45) is 0. The van der Waals surface area contributed by atoms with E-state index in [1.807, 2.05) is 19.9 Å². The van der Waals surface area contributed by atoms with Crippen LogP contribution in [0.15, 0.2) is 22.6 Å². The summed E-state index contributed by atoms with van der Waals surface area (Å²) in [6.45, 7) is 3.71. The third kappa shape index (κ3) is 3.61. The van der Waals surface area contributed by atoms with Gasteiger partial charge in [0.2, 0.25) is 5.89 Å². The van der Waals surface area contributed by atoms with Crippen molar-refractivity contribution in [1.29, 1.82) is 0 Å². The van der Waals surface area contributed by atoms with Crippen LogP contribution in [0.25, 0.3) is 0 Å². The molecule has 2 rings (SSSR count). The fourth-order valence-electron chi connectivity index (χ4n) is 1.78. The Morgan fingerprint density at radius 1 is 1.35 bits per heavy atom. The molecule has 108 valence electrons. The molecule has 0 radical (unpaired) electrons. The molecular weight excluding hydrogens is 298 g/mol. The molecule has 1 atom stereocenters. The molecule has 1 unspecified atom stereocenters. The molecule has 0 aliphatic carbocycles. The van der Waals surface area contributed by atoms with Crippen LogP contribution < -0.4 is 4.74 Å². The lowest BCUT2D eigenvalue weighted by atomic mass is 10.2. The number of aromatic nitrogens is 1. The van der Waals surface area contributed by atoms with Crippen LogP contribution >= 0.6 is 11.6 Å². The molecule has 4 nitrogen and oxygen atoms in total. The molecule has 2 aromatic rings. The van der Waals surface area contributed by atoms with E-state index in [1.54, 1.807) is 19.2 Å². The van der Waals surface area contributed by atoms with Gasteiger partial charge in [0.25, 0.3) is 0 Å². The third-order valence-electron chi connectivity index (χ3n) is 2.90. The zero-order valence-electron chi connectivity index (χ0n) is 11.6. The molecule has 0 saturated heterocycles. The van der Waals surface area contributed by atoms with Crippen LogP contribution in [0.4, 0.5) is 0 Å². The molecular formula is C14H16ClNO3S. The van der Waals surface area contributed by atoms with Crippen LogP contribution in [0, 0.1) is 13.8 Å². The van der Waals surface area contributed by atoms with Crippen molar-refractivity contribution in [2.24, 2.45) is 0 Å². The molecule has 0 saturated carbocycles. The zero-order valence-corrected chi connectivity index (χ0v) is 13.2. The average Bonchev–Trinajstić information content (AvgIpc) is 2.68. The number of methoxy groups -OCH3 is 1. The summed E-state index contributed by atoms with van der Waals surface area (Å²) in [7, 11) is 0.472. The molecule has 1 aromatic carbocycles. The van der Waals surface area contributed by atoms with Crippen molar-refractivity contribution in [3.63, 3.8) is 0 Å². The Morgan fingerprint density at radius 3 is 2.65 bits per heavy atom. The van der Waals surface area contributed by atoms with E-state index in [0.717, 1.165) is 17.0 Å². The first-order valence-corrected chi connectivity index (χ1v) is 7.96. The van der Waals surface area contributed by atoms with E-state index in [9.17, 15) is 4.21 Å². The summed E-state index contributed by atoms with van der Waals surface area (Å²) in [4.78, 5) is 4.23. The van der Waals surface area contributed by atoms with Crippen LogP contribution in [0.5, 0.6) is 5.75 Å². The van der Waals surface area contributed by atoms with Gasteiger partial charge in [-0.2, -0.15) is 0 Å². The van der Waals surface area contributed by atoms with E-state index in [-0.39, 0.29) is 0 Å². The van der Waals surface area contributed by atoms with Crippen LogP contribution in [-0.4, -0.2) is 16.3 Å². The monoisotopic (exact) mass is 313 g/mol. The fourth-order valence-corrected chi connectivity index (χ4v) is 3.11. The van der Waals surface area contributed by atoms with E-state index in [4.69, 9.17) is 20.8 Å². The van der Waals surface area contributed by atoms with Crippen LogP contribution in [0.1, 0.15) is 22.9 Å². The molecule has 1 aromatic heterocycles. The molecule has 1 heterocycles. The highest BCUT2D eigenvalue weighted by Crippen LogP contribution is 2.25. The molecule has 6 heteroatoms. The van der Waals surface area contributed by atoms with Gasteiger partial charge in [0, 0.05) is 16.6 Å². The minimum atomic E-state index is -1.09. The van der Waals surface area contributed by atoms with Gasteiger partial charge >= 0.3 is 0 Å². The minimum absolute atomic E-state index is 0.304. The third-order valence-corrected chi connectivity index (χ3v) is 4.42. The maximum atomic E-state index is 12.1. The van der Waals surface area contributed by atoms with Crippen molar-refractivity contribution >= 4 is 22.4 Å². The number of hydrogen-bond acceptors (Lipinski definition) is 4. The van der Waals surface area contributed by atoms with E-state index in [1.165, 1.54) is 0 Å². The standard InChI is InChI=1S/C14H16ClNO3S/c1-9-10(2)19-14(16-9)8-20(17)7-11-4-5-13(18-3)12(15)6-11/h4-6H,7-8H2,1-3H3. The second-order valence-electron chi connectivity index (χ2n) is 4.45. The maximum absolute atomic E-state index is 12.1. The van der Waals surface area contributed by atoms with Gasteiger partial charge in [-0.25, -0.2) is 4.98 Å². The quantitative estimate of drug-likeness (QED) is 0.849. The summed E-state index contributed by atoms with van der Waals surface area (Å²) >= 11 is 6.04. The Balaban J connectivity index is 2.02. The summed E-state index contributed by atoms with van der Waals surface area (Å²) in [5, 5.41) is 0.518. The van der Waals surface area contributed by atoms with E-state index in [2.05, 4.69) is 4.98 Å². The number of aryl methyl sites for hydroxylation is 2. The SMILES string of the molecule is COc1ccc(CS(=O)Cc2nc(C)c(C)o2)cc1Cl. The van der Waals surface area contributed by atoms with Gasteiger partial charge in [0.1, 0.15) is 17.3 Å². The Bertz CT molecular complexity index is 620. The normalized spacial score (nSPS) is 12.4. The second-order valence-corrected chi connectivity index (χ2v) is 6.31. The molecule has 0 aliphatic heterocycles. The van der Waals surface area contributed by atoms with Crippen LogP contribution in [0.2, 0.25) is 5.02 Å². The highest BCUT2D eigenvalue weighted by Gasteiger charge is 2.11. The zero-order chi connectivity index (χ0) is 14.7. The smallest absolute Gasteiger partial charge is 0.207 e. The van der Waals surface area contributed by atoms with E-state index in [0.29, 0.717) is 28.2 Å². The van der Waals surface area contributed by atoms with Crippen molar-refractivity contribution in [3.05, 3.63) is 46.1 Å². The number of oxazole rings is 1. The second kappa shape index (κ2) is 6.41. The Labute approximate surface area is 125 Å². The number of hydrogen-bond donors (Lipinski definition) is 0. The van der Waals surface area contributed by atoms with Crippen molar-refractivity contribution in [1.82, 2.24) is 4.98 Å². The number of nitrogens with zero attached hydrogens (tertiary/aromatic N) is 1. The summed E-state index contributed by atoms with van der Waals surface area (Å²) in [6, 6.07) is 5.40. The van der Waals surface area contributed by atoms with Gasteiger partial charge < -0.3 is 9.15 Å². The molecule has 0 amide bonds. The van der Waals surface area contributed by atoms with Gasteiger partial charge in [-0.3, -0.25) is 4.21 Å². The van der Waals surface area contributed by atoms with Gasteiger partial charge in [-0.15, -0.1) is 0 Å². The lowest BCUT2D eigenvalue weighted by molar-refractivity contribution is 0.415. The van der Waals surface area contributed by atoms with Crippen LogP contribution in [-0.2, 0) is 22.3 Å². The maximum Gasteiger partial charge on any atom is 0.207 e. The lowest BCUT2D eigenvalue weighted by Gasteiger charge is -2.05. The Morgan fingerprint density at radius 2 is 2.10 bits per heavy atom. The predicted molar refractivity (Wildman–Crippen MR) is 79.5 cm³/mol. The number of benzene rings is 1. The van der Waals surface area contributed by atoms with Crippen molar-refractivity contribution < 1.29 is 13.4 Å². The molecule has 0 N–H and O–H groups in total. The van der Waals surface area contributed by atoms with Gasteiger partial charge in [-0.1, -0.05) is 17.7 Å². The van der Waals surface area contributed by atoms with E-state index >= 15 is 0 Å². The Kier molecular flexibility index (Phi) is 4.83. The Hall–Kier alpha value is -1.33. The number of ether oxygens (including phenoxy) is 1. The molecule has 0 bridgehead atoms. The van der Waals surface area contributed by atoms with Crippen molar-refractivity contribution in [3.8, 4) is 5.75 Å². The summed E-state index contributed by atoms with van der Waals surface area (Å²) < 4.78 is 22.6. The summed E-state index contributed by atoms with van der Waals surface area (Å²) in [5.74, 6) is 2.60. The first-order valence-electron chi connectivity index (χ1n) is 6.10. The summed E-state index contributed by atoms with van der Waals surface area (Å²) in [5.41, 5.74) is 1.73. The highest BCUT2D eigenvalue weighted by molar-refractivity contribution is 7.83. The molecule has 0 fully saturated rings. The fraction of sp³-hybridized carbons (Fsp3) is 0.357. The van der Waals surface area contributed by atoms with Crippen molar-refractivity contribution in [2.45, 2.75) is 25.4 Å². The number of halogens is 1. The minimum Gasteiger partial charge on any atom is -0.495 e. The first-order chi connectivity index (χ1) is 9.49. The molecule has 0 aliphatic rings. The van der Waals surface area contributed by atoms with Crippen molar-refractivity contribution in [2.75, 3.05) is 7.11 Å². The number of rotatable bonds is 5. The predicted octanol–water partition coefficient (Wildman–Crippen LogP) is 3.40. The van der Waals surface area contributed by atoms with Gasteiger partial charge in [0.05, 0.1) is 17.8 Å². The topological polar surface area (TPSA) is 52.3 Å². The highest BCUT2D eigenvalue weighted by atomic mass is 35.5. The van der Waals surface area contributed by atoms with Gasteiger partial charge in [-0.05, 0) is 31.5 Å².